The van der Waals surface area contributed by atoms with E-state index in [2.05, 4.69) is 25.1 Å². The van der Waals surface area contributed by atoms with Gasteiger partial charge in [-0.2, -0.15) is 0 Å². The Morgan fingerprint density at radius 1 is 0.972 bits per heavy atom. The standard InChI is InChI=1S/C26H18N8OS/c35-26(13-2-1-3-13)34-16-6-14(8-27-10-16)15-7-17-23(32-33-24(17)29-9-15)25-30-19-12-28-11-18(22(19)31-25)20-4-5-21(34)36-20/h4-13,32H,1-3H2,(H,29,33). The van der Waals surface area contributed by atoms with Crippen molar-refractivity contribution in [1.29, 1.82) is 0 Å². The van der Waals surface area contributed by atoms with Crippen molar-refractivity contribution in [2.45, 2.75) is 19.3 Å². The molecule has 9 nitrogen and oxygen atoms in total. The lowest BCUT2D eigenvalue weighted by Crippen LogP contribution is -2.27. The average molecular weight is 491 g/mol. The number of imidazole rings is 1. The lowest BCUT2D eigenvalue weighted by atomic mass is 9.84. The van der Waals surface area contributed by atoms with Crippen molar-refractivity contribution in [2.75, 3.05) is 0 Å². The van der Waals surface area contributed by atoms with Gasteiger partial charge >= 0.3 is 0 Å². The predicted octanol–water partition coefficient (Wildman–Crippen LogP) is 5.62. The minimum atomic E-state index is 0.0332. The van der Waals surface area contributed by atoms with E-state index < -0.39 is 0 Å². The van der Waals surface area contributed by atoms with Gasteiger partial charge in [0, 0.05) is 50.9 Å². The van der Waals surface area contributed by atoms with Gasteiger partial charge in [-0.1, -0.05) is 6.42 Å². The summed E-state index contributed by atoms with van der Waals surface area (Å²) < 4.78 is 2.80. The zero-order valence-corrected chi connectivity index (χ0v) is 19.7. The first-order chi connectivity index (χ1) is 17.7. The molecule has 5 aromatic rings. The summed E-state index contributed by atoms with van der Waals surface area (Å²) in [5, 5.41) is 8.98. The van der Waals surface area contributed by atoms with Crippen LogP contribution in [0.25, 0.3) is 64.8 Å². The van der Waals surface area contributed by atoms with Gasteiger partial charge in [0.1, 0.15) is 21.6 Å². The van der Waals surface area contributed by atoms with E-state index in [9.17, 15) is 4.79 Å². The Hall–Kier alpha value is -4.44. The summed E-state index contributed by atoms with van der Waals surface area (Å²) in [6.07, 6.45) is 11.8. The molecule has 0 aromatic carbocycles. The van der Waals surface area contributed by atoms with Crippen LogP contribution in [0, 0.1) is 5.92 Å². The minimum absolute atomic E-state index is 0.0332. The summed E-state index contributed by atoms with van der Waals surface area (Å²) in [5.41, 5.74) is 5.15. The van der Waals surface area contributed by atoms with E-state index in [0.717, 1.165) is 67.2 Å². The van der Waals surface area contributed by atoms with E-state index in [-0.39, 0.29) is 11.8 Å². The second-order valence-corrected chi connectivity index (χ2v) is 10.3. The molecule has 1 aliphatic carbocycles. The van der Waals surface area contributed by atoms with E-state index in [0.29, 0.717) is 16.8 Å². The molecule has 0 unspecified atom stereocenters. The summed E-state index contributed by atoms with van der Waals surface area (Å²) in [7, 11) is 0. The molecular weight excluding hydrogens is 472 g/mol. The highest BCUT2D eigenvalue weighted by Gasteiger charge is 2.27. The van der Waals surface area contributed by atoms with E-state index >= 15 is 0 Å². The van der Waals surface area contributed by atoms with Crippen molar-refractivity contribution in [3.05, 3.63) is 55.2 Å². The van der Waals surface area contributed by atoms with Crippen LogP contribution in [0.1, 0.15) is 24.1 Å². The van der Waals surface area contributed by atoms with Crippen molar-refractivity contribution in [1.82, 2.24) is 39.7 Å². The van der Waals surface area contributed by atoms with Gasteiger partial charge in [-0.25, -0.2) is 15.0 Å². The number of hydrogen-bond donors (Lipinski definition) is 2. The smallest absolute Gasteiger partial charge is 0.235 e. The Balaban J connectivity index is 1.59. The first-order valence-electron chi connectivity index (χ1n) is 11.8. The monoisotopic (exact) mass is 490 g/mol. The van der Waals surface area contributed by atoms with Crippen molar-refractivity contribution >= 4 is 70.8 Å². The Kier molecular flexibility index (Phi) is 4.01. The third kappa shape index (κ3) is 2.81. The lowest BCUT2D eigenvalue weighted by Gasteiger charge is -2.24. The largest absolute Gasteiger partial charge is 0.295 e. The average Bonchev–Trinajstić information content (AvgIpc) is 3.60. The van der Waals surface area contributed by atoms with Gasteiger partial charge in [0.2, 0.25) is 5.91 Å². The number of aromatic nitrogens is 8. The second kappa shape index (κ2) is 7.28. The number of H-pyrrole nitrogens is 2. The number of nitrogens with one attached hydrogen (secondary N) is 2. The molecule has 0 spiro atoms. The number of rotatable bonds is 1. The fraction of sp³-hybridized carbons (Fsp3) is 0.154. The van der Waals surface area contributed by atoms with E-state index in [4.69, 9.17) is 9.97 Å². The third-order valence-electron chi connectivity index (χ3n) is 7.10. The number of carbonyl (C=O) groups is 1. The molecule has 1 saturated carbocycles. The van der Waals surface area contributed by atoms with Crippen LogP contribution in [-0.4, -0.2) is 45.6 Å². The summed E-state index contributed by atoms with van der Waals surface area (Å²) in [6.45, 7) is 0. The number of hydrogen-bond acceptors (Lipinski definition) is 7. The number of aromatic amines is 2. The normalized spacial score (nSPS) is 14.3. The van der Waals surface area contributed by atoms with Crippen LogP contribution >= 0.6 is 11.3 Å². The molecule has 7 heterocycles. The first kappa shape index (κ1) is 19.8. The third-order valence-corrected chi connectivity index (χ3v) is 8.20. The highest BCUT2D eigenvalue weighted by Crippen LogP contribution is 2.34. The quantitative estimate of drug-likeness (QED) is 0.309. The Labute approximate surface area is 206 Å². The van der Waals surface area contributed by atoms with Gasteiger partial charge in [-0.3, -0.25) is 29.5 Å². The fourth-order valence-electron chi connectivity index (χ4n) is 4.96. The predicted molar refractivity (Wildman–Crippen MR) is 140 cm³/mol. The molecule has 36 heavy (non-hydrogen) atoms. The van der Waals surface area contributed by atoms with Gasteiger partial charge in [0.05, 0.1) is 17.9 Å². The van der Waals surface area contributed by atoms with Gasteiger partial charge in [-0.15, -0.1) is 11.3 Å². The molecule has 2 aliphatic heterocycles. The summed E-state index contributed by atoms with van der Waals surface area (Å²) in [4.78, 5) is 37.8. The molecule has 0 saturated heterocycles. The van der Waals surface area contributed by atoms with Crippen molar-refractivity contribution in [3.63, 3.8) is 0 Å². The molecule has 2 N–H and O–H groups in total. The number of nitrogens with zero attached hydrogens (tertiary/aromatic N) is 6. The number of fused-ring (bicyclic) bond motifs is 9. The molecule has 0 atom stereocenters. The molecule has 174 valence electrons. The Morgan fingerprint density at radius 2 is 1.86 bits per heavy atom. The lowest BCUT2D eigenvalue weighted by molar-refractivity contribution is 0.0776. The first-order valence-corrected chi connectivity index (χ1v) is 12.6. The SMILES string of the molecule is O=C(C1CCC1)n1c2cncc(c2)c2cnc3[nH][nH]c(c4nc5cncc(c6ccc1s6)c5n4)-c3c2. The molecule has 8 bridgehead atoms. The maximum atomic E-state index is 13.7. The molecule has 10 heteroatoms. The van der Waals surface area contributed by atoms with Crippen molar-refractivity contribution < 1.29 is 4.79 Å². The minimum Gasteiger partial charge on any atom is -0.295 e. The van der Waals surface area contributed by atoms with E-state index in [1.54, 1.807) is 36.1 Å². The van der Waals surface area contributed by atoms with E-state index in [1.165, 1.54) is 0 Å². The zero-order chi connectivity index (χ0) is 23.8. The fourth-order valence-corrected chi connectivity index (χ4v) is 6.00. The van der Waals surface area contributed by atoms with Crippen LogP contribution in [0.4, 0.5) is 0 Å². The maximum Gasteiger partial charge on any atom is 0.235 e. The molecule has 8 rings (SSSR count). The van der Waals surface area contributed by atoms with Crippen molar-refractivity contribution in [3.8, 4) is 11.3 Å². The maximum absolute atomic E-state index is 13.7. The summed E-state index contributed by atoms with van der Waals surface area (Å²) in [5.74, 6) is 0.145. The number of thiophene rings is 1. The Bertz CT molecular complexity index is 2020. The second-order valence-electron chi connectivity index (χ2n) is 9.22. The van der Waals surface area contributed by atoms with Crippen LogP contribution in [0.2, 0.25) is 0 Å². The number of pyridine rings is 3. The molecule has 1 fully saturated rings. The summed E-state index contributed by atoms with van der Waals surface area (Å²) in [6, 6.07) is 8.09. The highest BCUT2D eigenvalue weighted by atomic mass is 32.1. The van der Waals surface area contributed by atoms with Crippen molar-refractivity contribution in [2.24, 2.45) is 5.92 Å². The molecular formula is C26H18N8OS. The zero-order valence-electron chi connectivity index (χ0n) is 18.9. The van der Waals surface area contributed by atoms with Crippen LogP contribution in [-0.2, 0) is 0 Å². The number of carbonyl (C=O) groups excluding carboxylic acids is 1. The topological polar surface area (TPSA) is 118 Å². The van der Waals surface area contributed by atoms with Crippen LogP contribution in [0.3, 0.4) is 0 Å². The molecule has 0 amide bonds. The van der Waals surface area contributed by atoms with Gasteiger partial charge < -0.3 is 0 Å². The molecule has 3 aliphatic rings. The molecule has 0 radical (unpaired) electrons. The van der Waals surface area contributed by atoms with Gasteiger partial charge in [-0.05, 0) is 37.1 Å². The summed E-state index contributed by atoms with van der Waals surface area (Å²) >= 11 is 1.55. The van der Waals surface area contributed by atoms with E-state index in [1.807, 2.05) is 35.0 Å². The van der Waals surface area contributed by atoms with Gasteiger partial charge in [0.15, 0.2) is 11.3 Å². The van der Waals surface area contributed by atoms with Crippen LogP contribution in [0.15, 0.2) is 55.2 Å². The Morgan fingerprint density at radius 3 is 2.75 bits per heavy atom. The van der Waals surface area contributed by atoms with Gasteiger partial charge in [0.25, 0.3) is 0 Å². The van der Waals surface area contributed by atoms with Crippen LogP contribution < -0.4 is 0 Å². The van der Waals surface area contributed by atoms with Crippen LogP contribution in [0.5, 0.6) is 0 Å². The highest BCUT2D eigenvalue weighted by molar-refractivity contribution is 7.24. The molecule has 5 aromatic heterocycles.